The second kappa shape index (κ2) is 11.0. The first kappa shape index (κ1) is 26.4. The summed E-state index contributed by atoms with van der Waals surface area (Å²) in [4.78, 5) is 6.93. The molecule has 1 aromatic rings. The van der Waals surface area contributed by atoms with E-state index in [1.165, 1.54) is 25.3 Å². The fourth-order valence-electron chi connectivity index (χ4n) is 4.36. The minimum absolute atomic E-state index is 0.00656. The maximum absolute atomic E-state index is 15.0. The molecule has 0 bridgehead atoms. The minimum atomic E-state index is -3.95. The topological polar surface area (TPSA) is 80.8 Å². The third kappa shape index (κ3) is 5.87. The Morgan fingerprint density at radius 2 is 2.03 bits per heavy atom. The number of aromatic nitrogens is 1. The van der Waals surface area contributed by atoms with E-state index in [-0.39, 0.29) is 35.3 Å². The first-order valence-corrected chi connectivity index (χ1v) is 13.3. The van der Waals surface area contributed by atoms with E-state index >= 15 is 0 Å². The zero-order valence-electron chi connectivity index (χ0n) is 20.6. The third-order valence-corrected chi connectivity index (χ3v) is 8.01. The Morgan fingerprint density at radius 1 is 1.32 bits per heavy atom. The van der Waals surface area contributed by atoms with Crippen LogP contribution in [-0.4, -0.2) is 63.4 Å². The number of pyridine rings is 1. The van der Waals surface area contributed by atoms with Crippen LogP contribution in [0.3, 0.4) is 0 Å². The summed E-state index contributed by atoms with van der Waals surface area (Å²) in [5, 5.41) is 0. The molecule has 1 aromatic heterocycles. The number of halogens is 1. The molecule has 9 heteroatoms. The number of ether oxygens (including phenoxy) is 2. The first-order chi connectivity index (χ1) is 16.2. The summed E-state index contributed by atoms with van der Waals surface area (Å²) in [7, 11) is -2.48. The molecule has 188 valence electrons. The van der Waals surface area contributed by atoms with E-state index in [4.69, 9.17) is 9.47 Å². The molecule has 0 atom stereocenters. The number of methoxy groups -OCH3 is 1. The van der Waals surface area contributed by atoms with Crippen molar-refractivity contribution in [1.29, 1.82) is 0 Å². The highest BCUT2D eigenvalue weighted by Gasteiger charge is 2.46. The van der Waals surface area contributed by atoms with Crippen LogP contribution in [0, 0.1) is 0 Å². The van der Waals surface area contributed by atoms with Gasteiger partial charge < -0.3 is 14.4 Å². The van der Waals surface area contributed by atoms with Gasteiger partial charge in [-0.1, -0.05) is 25.7 Å². The van der Waals surface area contributed by atoms with Crippen molar-refractivity contribution in [3.8, 4) is 5.88 Å². The number of alkyl halides is 1. The fraction of sp³-hybridized carbons (Fsp3) is 0.560. The summed E-state index contributed by atoms with van der Waals surface area (Å²) in [6.07, 6.45) is 6.18. The van der Waals surface area contributed by atoms with Crippen LogP contribution in [0.1, 0.15) is 44.9 Å². The average molecular weight is 494 g/mol. The van der Waals surface area contributed by atoms with Gasteiger partial charge in [-0.3, -0.25) is 4.72 Å². The van der Waals surface area contributed by atoms with Gasteiger partial charge in [0, 0.05) is 44.7 Å². The Balaban J connectivity index is 1.76. The molecule has 1 fully saturated rings. The highest BCUT2D eigenvalue weighted by atomic mass is 32.2. The van der Waals surface area contributed by atoms with E-state index in [9.17, 15) is 12.8 Å². The van der Waals surface area contributed by atoms with Crippen LogP contribution in [0.5, 0.6) is 5.88 Å². The molecule has 3 rings (SSSR count). The number of rotatable bonds is 10. The highest BCUT2D eigenvalue weighted by molar-refractivity contribution is 7.96. The Labute approximate surface area is 202 Å². The Bertz CT molecular complexity index is 1060. The number of allylic oxidation sites excluding steroid dienone is 4. The lowest BCUT2D eigenvalue weighted by atomic mass is 9.74. The number of sulfonamides is 1. The van der Waals surface area contributed by atoms with Crippen LogP contribution < -0.4 is 9.46 Å². The van der Waals surface area contributed by atoms with Gasteiger partial charge in [-0.2, -0.15) is 0 Å². The molecular formula is C25H36FN3O4S. The van der Waals surface area contributed by atoms with E-state index in [0.717, 1.165) is 43.7 Å². The predicted molar refractivity (Wildman–Crippen MR) is 133 cm³/mol. The van der Waals surface area contributed by atoms with Crippen molar-refractivity contribution < 1.29 is 22.3 Å². The van der Waals surface area contributed by atoms with Crippen LogP contribution in [0.15, 0.2) is 41.4 Å². The van der Waals surface area contributed by atoms with Crippen molar-refractivity contribution in [2.45, 2.75) is 58.2 Å². The first-order valence-electron chi connectivity index (χ1n) is 11.8. The van der Waals surface area contributed by atoms with Crippen molar-refractivity contribution in [3.63, 3.8) is 0 Å². The van der Waals surface area contributed by atoms with Crippen molar-refractivity contribution >= 4 is 15.7 Å². The largest absolute Gasteiger partial charge is 0.479 e. The van der Waals surface area contributed by atoms with E-state index in [1.54, 1.807) is 6.92 Å². The molecule has 7 nitrogen and oxygen atoms in total. The molecule has 1 aliphatic carbocycles. The monoisotopic (exact) mass is 493 g/mol. The second-order valence-corrected chi connectivity index (χ2v) is 10.4. The molecule has 0 spiro atoms. The van der Waals surface area contributed by atoms with Crippen molar-refractivity contribution in [3.05, 3.63) is 52.6 Å². The lowest BCUT2D eigenvalue weighted by molar-refractivity contribution is -0.0728. The Hall–Kier alpha value is -2.23. The van der Waals surface area contributed by atoms with Gasteiger partial charge in [-0.05, 0) is 50.1 Å². The molecule has 0 radical (unpaired) electrons. The molecule has 2 heterocycles. The summed E-state index contributed by atoms with van der Waals surface area (Å²) in [5.74, 6) is 0.232. The number of hydrogen-bond acceptors (Lipinski definition) is 6. The second-order valence-electron chi connectivity index (χ2n) is 8.69. The molecule has 34 heavy (non-hydrogen) atoms. The van der Waals surface area contributed by atoms with Crippen molar-refractivity contribution in [1.82, 2.24) is 9.88 Å². The molecule has 0 aromatic carbocycles. The van der Waals surface area contributed by atoms with Gasteiger partial charge in [-0.25, -0.2) is 17.8 Å². The molecule has 0 saturated heterocycles. The van der Waals surface area contributed by atoms with Crippen LogP contribution in [0.2, 0.25) is 0 Å². The number of anilines is 1. The molecule has 1 aliphatic heterocycles. The molecule has 0 unspecified atom stereocenters. The van der Waals surface area contributed by atoms with Gasteiger partial charge in [0.25, 0.3) is 10.0 Å². The van der Waals surface area contributed by atoms with E-state index < -0.39 is 15.7 Å². The lowest BCUT2D eigenvalue weighted by Gasteiger charge is -2.41. The van der Waals surface area contributed by atoms with Gasteiger partial charge in [0.05, 0.1) is 18.1 Å². The number of nitrogens with zero attached hydrogens (tertiary/aromatic N) is 2. The average Bonchev–Trinajstić information content (AvgIpc) is 2.98. The zero-order valence-corrected chi connectivity index (χ0v) is 21.4. The quantitative estimate of drug-likeness (QED) is 0.493. The molecule has 2 aliphatic rings. The SMILES string of the molecule is C=C(/C=C\C(=C/C)S(=O)(=O)Nc1cc2c(nc1OC)CCN(CC)CC2)C1(F)CC(OCC)C1. The van der Waals surface area contributed by atoms with E-state index in [0.29, 0.717) is 12.3 Å². The maximum atomic E-state index is 15.0. The summed E-state index contributed by atoms with van der Waals surface area (Å²) in [5.41, 5.74) is 0.898. The molecule has 1 N–H and O–H groups in total. The molecular weight excluding hydrogens is 457 g/mol. The van der Waals surface area contributed by atoms with Crippen molar-refractivity contribution in [2.75, 3.05) is 38.1 Å². The van der Waals surface area contributed by atoms with Gasteiger partial charge in [0.15, 0.2) is 0 Å². The molecule has 1 saturated carbocycles. The van der Waals surface area contributed by atoms with Crippen molar-refractivity contribution in [2.24, 2.45) is 0 Å². The summed E-state index contributed by atoms with van der Waals surface area (Å²) in [6, 6.07) is 1.81. The molecule has 0 amide bonds. The van der Waals surface area contributed by atoms with Gasteiger partial charge in [-0.15, -0.1) is 0 Å². The van der Waals surface area contributed by atoms with Gasteiger partial charge in [0.2, 0.25) is 5.88 Å². The van der Waals surface area contributed by atoms with Gasteiger partial charge >= 0.3 is 0 Å². The predicted octanol–water partition coefficient (Wildman–Crippen LogP) is 4.18. The van der Waals surface area contributed by atoms with Gasteiger partial charge in [0.1, 0.15) is 11.4 Å². The number of likely N-dealkylation sites (N-methyl/N-ethyl adjacent to an activating group) is 1. The lowest BCUT2D eigenvalue weighted by Crippen LogP contribution is -2.45. The van der Waals surface area contributed by atoms with Crippen LogP contribution in [0.4, 0.5) is 10.1 Å². The highest BCUT2D eigenvalue weighted by Crippen LogP contribution is 2.43. The summed E-state index contributed by atoms with van der Waals surface area (Å²) >= 11 is 0. The summed E-state index contributed by atoms with van der Waals surface area (Å²) in [6.45, 7) is 12.7. The standard InChI is InChI=1S/C25H36FN3O4S/c1-6-21(10-9-18(4)25(26)16-20(17-25)33-8-3)34(30,31)28-23-15-19-11-13-29(7-2)14-12-22(19)27-24(23)32-5/h6,9-10,15,20,28H,4,7-8,11-14,16-17H2,1-3,5H3/b10-9-,21-6+. The zero-order chi connectivity index (χ0) is 24.9. The van der Waals surface area contributed by atoms with Crippen LogP contribution in [0.25, 0.3) is 0 Å². The fourth-order valence-corrected chi connectivity index (χ4v) is 5.47. The van der Waals surface area contributed by atoms with Crippen LogP contribution in [-0.2, 0) is 27.6 Å². The van der Waals surface area contributed by atoms with E-state index in [2.05, 4.69) is 28.1 Å². The van der Waals surface area contributed by atoms with Crippen LogP contribution >= 0.6 is 0 Å². The van der Waals surface area contributed by atoms with E-state index in [1.807, 2.05) is 13.0 Å². The number of fused-ring (bicyclic) bond motifs is 1. The third-order valence-electron chi connectivity index (χ3n) is 6.53. The Kier molecular flexibility index (Phi) is 8.54. The number of hydrogen-bond donors (Lipinski definition) is 1. The normalized spacial score (nSPS) is 23.8. The maximum Gasteiger partial charge on any atom is 0.261 e. The smallest absolute Gasteiger partial charge is 0.261 e. The minimum Gasteiger partial charge on any atom is -0.479 e. The Morgan fingerprint density at radius 3 is 2.65 bits per heavy atom. The summed E-state index contributed by atoms with van der Waals surface area (Å²) < 4.78 is 54.7. The number of nitrogens with one attached hydrogen (secondary N) is 1.